The zero-order valence-corrected chi connectivity index (χ0v) is 8.78. The van der Waals surface area contributed by atoms with Gasteiger partial charge < -0.3 is 0 Å². The lowest BCUT2D eigenvalue weighted by Crippen LogP contribution is -2.91. The molecule has 0 radical (unpaired) electrons. The Morgan fingerprint density at radius 1 is 0.750 bits per heavy atom. The van der Waals surface area contributed by atoms with Crippen molar-refractivity contribution in [3.8, 4) is 0 Å². The SMILES string of the molecule is Cn1c(=O)n2n(c1=O)C1[C@@H]3C4C5[C@@H]3C2[C@@H]5[C@@H]41. The predicted octanol–water partition coefficient (Wildman–Crippen LogP) is -0.804. The maximum Gasteiger partial charge on any atom is 0.347 e. The van der Waals surface area contributed by atoms with Crippen molar-refractivity contribution in [2.45, 2.75) is 12.1 Å². The van der Waals surface area contributed by atoms with Crippen molar-refractivity contribution in [1.82, 2.24) is 13.9 Å². The molecule has 2 bridgehead atoms. The molecule has 4 aliphatic carbocycles. The molecule has 0 amide bonds. The summed E-state index contributed by atoms with van der Waals surface area (Å²) in [4.78, 5) is 24.0. The summed E-state index contributed by atoms with van der Waals surface area (Å²) in [7, 11) is 1.60. The zero-order valence-electron chi connectivity index (χ0n) is 8.78. The monoisotopic (exact) mass is 217 g/mol. The molecule has 1 aromatic heterocycles. The molecular weight excluding hydrogens is 206 g/mol. The van der Waals surface area contributed by atoms with Crippen LogP contribution in [-0.2, 0) is 7.05 Å². The first-order valence-electron chi connectivity index (χ1n) is 6.13. The van der Waals surface area contributed by atoms with E-state index in [1.807, 2.05) is 0 Å². The first-order valence-corrected chi connectivity index (χ1v) is 6.13. The van der Waals surface area contributed by atoms with E-state index in [0.717, 1.165) is 35.5 Å². The number of rotatable bonds is 0. The lowest BCUT2D eigenvalue weighted by Gasteiger charge is -2.91. The topological polar surface area (TPSA) is 48.9 Å². The van der Waals surface area contributed by atoms with Gasteiger partial charge in [0.05, 0.1) is 12.1 Å². The van der Waals surface area contributed by atoms with Gasteiger partial charge in [-0.25, -0.2) is 23.5 Å². The standard InChI is InChI=1S/C11H11N3O2/c1-12-10(15)13-8-4-2-3-6(4)9(7(3)5(2)8)14(13)11(12)16/h2-9H,1H3/t2?,3?,4-,5-,6+,7+,8?,9?. The van der Waals surface area contributed by atoms with E-state index in [-0.39, 0.29) is 11.4 Å². The van der Waals surface area contributed by atoms with Crippen LogP contribution < -0.4 is 11.4 Å². The minimum absolute atomic E-state index is 0.0919. The molecule has 4 atom stereocenters. The highest BCUT2D eigenvalue weighted by Crippen LogP contribution is 2.91. The molecular formula is C11H11N3O2. The van der Waals surface area contributed by atoms with Crippen LogP contribution in [0.3, 0.4) is 0 Å². The number of nitrogens with zero attached hydrogens (tertiary/aromatic N) is 3. The van der Waals surface area contributed by atoms with Crippen LogP contribution in [0.25, 0.3) is 0 Å². The van der Waals surface area contributed by atoms with E-state index < -0.39 is 0 Å². The van der Waals surface area contributed by atoms with E-state index in [1.54, 1.807) is 16.4 Å². The molecule has 82 valence electrons. The molecule has 1 aromatic rings. The third-order valence-electron chi connectivity index (χ3n) is 6.45. The van der Waals surface area contributed by atoms with Crippen LogP contribution in [-0.4, -0.2) is 13.9 Å². The minimum Gasteiger partial charge on any atom is -0.246 e. The van der Waals surface area contributed by atoms with Gasteiger partial charge in [-0.3, -0.25) is 0 Å². The Bertz CT molecular complexity index is 618. The van der Waals surface area contributed by atoms with Crippen LogP contribution >= 0.6 is 0 Å². The van der Waals surface area contributed by atoms with E-state index in [0.29, 0.717) is 12.1 Å². The van der Waals surface area contributed by atoms with Crippen molar-refractivity contribution >= 4 is 0 Å². The first kappa shape index (κ1) is 7.14. The number of hydrogen-bond donors (Lipinski definition) is 0. The fourth-order valence-corrected chi connectivity index (χ4v) is 6.09. The second-order valence-corrected chi connectivity index (χ2v) is 6.26. The molecule has 0 N–H and O–H groups in total. The zero-order chi connectivity index (χ0) is 10.5. The van der Waals surface area contributed by atoms with Crippen molar-refractivity contribution in [3.05, 3.63) is 21.0 Å². The minimum atomic E-state index is -0.0919. The molecule has 5 heteroatoms. The summed E-state index contributed by atoms with van der Waals surface area (Å²) in [6.07, 6.45) is 0. The van der Waals surface area contributed by atoms with Gasteiger partial charge in [0.25, 0.3) is 0 Å². The average Bonchev–Trinajstić information content (AvgIpc) is 2.44. The molecule has 3 heterocycles. The van der Waals surface area contributed by atoms with Crippen LogP contribution in [0.1, 0.15) is 12.1 Å². The number of aromatic nitrogens is 3. The van der Waals surface area contributed by atoms with Crippen molar-refractivity contribution in [3.63, 3.8) is 0 Å². The lowest BCUT2D eigenvalue weighted by molar-refractivity contribution is -0.450. The molecule has 0 spiro atoms. The maximum absolute atomic E-state index is 12.0. The summed E-state index contributed by atoms with van der Waals surface area (Å²) >= 11 is 0. The molecule has 4 saturated carbocycles. The highest BCUT2D eigenvalue weighted by Gasteiger charge is 2.90. The third kappa shape index (κ3) is 0.351. The number of hydrogen-bond acceptors (Lipinski definition) is 2. The summed E-state index contributed by atoms with van der Waals surface area (Å²) in [5.74, 6) is 4.89. The Balaban J connectivity index is 1.81. The van der Waals surface area contributed by atoms with Gasteiger partial charge >= 0.3 is 11.4 Å². The van der Waals surface area contributed by atoms with Gasteiger partial charge in [-0.1, -0.05) is 0 Å². The Kier molecular flexibility index (Phi) is 0.699. The summed E-state index contributed by atoms with van der Waals surface area (Å²) in [6, 6.07) is 0.771. The Labute approximate surface area is 90.3 Å². The van der Waals surface area contributed by atoms with Gasteiger partial charge in [0.15, 0.2) is 0 Å². The fourth-order valence-electron chi connectivity index (χ4n) is 6.09. The highest BCUT2D eigenvalue weighted by molar-refractivity contribution is 5.37. The lowest BCUT2D eigenvalue weighted by atomic mass is 9.16. The Morgan fingerprint density at radius 2 is 1.12 bits per heavy atom. The smallest absolute Gasteiger partial charge is 0.246 e. The summed E-state index contributed by atoms with van der Waals surface area (Å²) in [5.41, 5.74) is -0.184. The van der Waals surface area contributed by atoms with Gasteiger partial charge in [-0.05, 0) is 35.5 Å². The van der Waals surface area contributed by atoms with E-state index in [1.165, 1.54) is 4.57 Å². The maximum atomic E-state index is 12.0. The molecule has 6 aliphatic rings. The molecule has 5 nitrogen and oxygen atoms in total. The van der Waals surface area contributed by atoms with Crippen LogP contribution in [0.4, 0.5) is 0 Å². The molecule has 16 heavy (non-hydrogen) atoms. The van der Waals surface area contributed by atoms with Gasteiger partial charge in [-0.15, -0.1) is 0 Å². The first-order chi connectivity index (χ1) is 7.73. The summed E-state index contributed by atoms with van der Waals surface area (Å²) in [6.45, 7) is 0. The van der Waals surface area contributed by atoms with E-state index >= 15 is 0 Å². The second kappa shape index (κ2) is 1.57. The Hall–Kier alpha value is -1.26. The average molecular weight is 217 g/mol. The van der Waals surface area contributed by atoms with Crippen LogP contribution in [0.5, 0.6) is 0 Å². The van der Waals surface area contributed by atoms with Crippen LogP contribution in [0.15, 0.2) is 9.59 Å². The molecule has 7 rings (SSSR count). The molecule has 0 saturated heterocycles. The van der Waals surface area contributed by atoms with Crippen molar-refractivity contribution < 1.29 is 0 Å². The Morgan fingerprint density at radius 3 is 1.50 bits per heavy atom. The second-order valence-electron chi connectivity index (χ2n) is 6.26. The largest absolute Gasteiger partial charge is 0.347 e. The highest BCUT2D eigenvalue weighted by atomic mass is 16.2. The molecule has 0 unspecified atom stereocenters. The van der Waals surface area contributed by atoms with Crippen LogP contribution in [0.2, 0.25) is 0 Å². The van der Waals surface area contributed by atoms with Gasteiger partial charge in [0.2, 0.25) is 0 Å². The van der Waals surface area contributed by atoms with Crippen molar-refractivity contribution in [2.75, 3.05) is 0 Å². The van der Waals surface area contributed by atoms with Crippen molar-refractivity contribution in [1.29, 1.82) is 0 Å². The normalized spacial score (nSPS) is 60.1. The molecule has 2 aliphatic heterocycles. The fraction of sp³-hybridized carbons (Fsp3) is 0.818. The summed E-state index contributed by atoms with van der Waals surface area (Å²) < 4.78 is 4.87. The van der Waals surface area contributed by atoms with E-state index in [2.05, 4.69) is 0 Å². The van der Waals surface area contributed by atoms with Gasteiger partial charge in [0.1, 0.15) is 0 Å². The quantitative estimate of drug-likeness (QED) is 0.571. The molecule has 4 fully saturated rings. The van der Waals surface area contributed by atoms with Crippen molar-refractivity contribution in [2.24, 2.45) is 42.6 Å². The molecule has 0 aromatic carbocycles. The van der Waals surface area contributed by atoms with E-state index in [4.69, 9.17) is 0 Å². The van der Waals surface area contributed by atoms with Gasteiger partial charge in [-0.2, -0.15) is 0 Å². The van der Waals surface area contributed by atoms with Crippen LogP contribution in [0, 0.1) is 35.5 Å². The predicted molar refractivity (Wildman–Crippen MR) is 52.9 cm³/mol. The summed E-state index contributed by atoms with van der Waals surface area (Å²) in [5, 5.41) is 0. The third-order valence-corrected chi connectivity index (χ3v) is 6.45. The van der Waals surface area contributed by atoms with Gasteiger partial charge in [0, 0.05) is 7.05 Å². The van der Waals surface area contributed by atoms with E-state index in [9.17, 15) is 9.59 Å².